The highest BCUT2D eigenvalue weighted by Gasteiger charge is 2.52. The maximum absolute atomic E-state index is 13.1. The van der Waals surface area contributed by atoms with Gasteiger partial charge in [0.2, 0.25) is 0 Å². The van der Waals surface area contributed by atoms with E-state index in [0.29, 0.717) is 6.42 Å². The normalized spacial score (nSPS) is 50.3. The van der Waals surface area contributed by atoms with Crippen LogP contribution in [-0.2, 0) is 23.7 Å². The minimum atomic E-state index is -1.26. The molecule has 2 aliphatic heterocycles. The molecule has 10 atom stereocenters. The van der Waals surface area contributed by atoms with E-state index in [2.05, 4.69) is 0 Å². The molecule has 0 spiro atoms. The van der Waals surface area contributed by atoms with Crippen molar-refractivity contribution in [1.82, 2.24) is 0 Å². The lowest BCUT2D eigenvalue weighted by Crippen LogP contribution is -2.61. The number of hydrogen-bond donors (Lipinski definition) is 5. The smallest absolute Gasteiger partial charge is 0.163 e. The summed E-state index contributed by atoms with van der Waals surface area (Å²) in [6, 6.07) is 0. The van der Waals surface area contributed by atoms with Gasteiger partial charge in [-0.1, -0.05) is 13.8 Å². The van der Waals surface area contributed by atoms with Crippen LogP contribution in [0.1, 0.15) is 65.2 Å². The van der Waals surface area contributed by atoms with Crippen LogP contribution >= 0.6 is 0 Å². The summed E-state index contributed by atoms with van der Waals surface area (Å²) in [5, 5.41) is 50.6. The van der Waals surface area contributed by atoms with Crippen LogP contribution < -0.4 is 0 Å². The summed E-state index contributed by atoms with van der Waals surface area (Å²) < 4.78 is 23.6. The van der Waals surface area contributed by atoms with Gasteiger partial charge in [0.25, 0.3) is 0 Å². The van der Waals surface area contributed by atoms with E-state index in [4.69, 9.17) is 18.9 Å². The molecule has 5 N–H and O–H groups in total. The minimum absolute atomic E-state index is 0.159. The van der Waals surface area contributed by atoms with Crippen molar-refractivity contribution < 1.29 is 49.3 Å². The van der Waals surface area contributed by atoms with Gasteiger partial charge in [-0.2, -0.15) is 0 Å². The Bertz CT molecular complexity index is 784. The predicted molar refractivity (Wildman–Crippen MR) is 134 cm³/mol. The summed E-state index contributed by atoms with van der Waals surface area (Å²) in [5.74, 6) is 1.41. The summed E-state index contributed by atoms with van der Waals surface area (Å²) in [7, 11) is 0. The van der Waals surface area contributed by atoms with E-state index in [1.807, 2.05) is 0 Å². The monoisotopic (exact) mass is 542 g/mol. The molecule has 0 radical (unpaired) electrons. The summed E-state index contributed by atoms with van der Waals surface area (Å²) in [5.41, 5.74) is 0.171. The average Bonchev–Trinajstić information content (AvgIpc) is 2.86. The van der Waals surface area contributed by atoms with E-state index in [0.717, 1.165) is 17.8 Å². The molecule has 0 amide bonds. The number of carbonyl (C=O) groups is 1. The lowest BCUT2D eigenvalue weighted by molar-refractivity contribution is -0.343. The number of aliphatic hydroxyl groups is 5. The molecule has 6 rings (SSSR count). The summed E-state index contributed by atoms with van der Waals surface area (Å²) in [4.78, 5) is 13.1. The Balaban J connectivity index is 1.21. The van der Waals surface area contributed by atoms with Crippen molar-refractivity contribution in [3.05, 3.63) is 0 Å². The minimum Gasteiger partial charge on any atom is -0.394 e. The standard InChI is InChI=1S/C28H46O10/c1-14-22(32)23(33)20(12-29)37-27(14)38-25-21(13-30)36-26(34)15(2)24(25)35-4-3-19(31)11-28-8-16-5-17(9-28)7-18(6-16)10-28/h14-18,20-27,29-30,32-34H,3-13H2,1-2H3/t14?,15?,16?,17?,18?,20?,21?,22-,23-,24-,25-,26?,27+,28?/m1/s1. The number of aliphatic hydroxyl groups excluding tert-OH is 5. The largest absolute Gasteiger partial charge is 0.394 e. The van der Waals surface area contributed by atoms with Gasteiger partial charge in [0.15, 0.2) is 12.6 Å². The molecule has 2 heterocycles. The molecule has 0 aromatic carbocycles. The molecule has 4 bridgehead atoms. The molecule has 6 fully saturated rings. The van der Waals surface area contributed by atoms with Crippen LogP contribution in [0.2, 0.25) is 0 Å². The highest BCUT2D eigenvalue weighted by Crippen LogP contribution is 2.61. The first kappa shape index (κ1) is 28.8. The summed E-state index contributed by atoms with van der Waals surface area (Å²) in [6.45, 7) is 2.61. The Morgan fingerprint density at radius 3 is 2.03 bits per heavy atom. The molecule has 6 aliphatic rings. The van der Waals surface area contributed by atoms with Gasteiger partial charge in [-0.05, 0) is 61.7 Å². The molecule has 0 aromatic heterocycles. The maximum atomic E-state index is 13.1. The van der Waals surface area contributed by atoms with Gasteiger partial charge in [-0.15, -0.1) is 0 Å². The number of rotatable bonds is 10. The fourth-order valence-corrected chi connectivity index (χ4v) is 8.46. The van der Waals surface area contributed by atoms with E-state index in [-0.39, 0.29) is 24.2 Å². The first-order valence-corrected chi connectivity index (χ1v) is 14.5. The van der Waals surface area contributed by atoms with Crippen molar-refractivity contribution in [1.29, 1.82) is 0 Å². The second-order valence-corrected chi connectivity index (χ2v) is 13.0. The van der Waals surface area contributed by atoms with Gasteiger partial charge in [-0.3, -0.25) is 4.79 Å². The van der Waals surface area contributed by atoms with Crippen LogP contribution in [-0.4, -0.2) is 100 Å². The quantitative estimate of drug-likeness (QED) is 0.267. The van der Waals surface area contributed by atoms with E-state index >= 15 is 0 Å². The molecule has 10 nitrogen and oxygen atoms in total. The molecule has 4 saturated carbocycles. The number of ketones is 1. The van der Waals surface area contributed by atoms with E-state index in [9.17, 15) is 30.3 Å². The average molecular weight is 543 g/mol. The van der Waals surface area contributed by atoms with Gasteiger partial charge in [-0.25, -0.2) is 0 Å². The van der Waals surface area contributed by atoms with Crippen molar-refractivity contribution in [2.45, 2.75) is 114 Å². The van der Waals surface area contributed by atoms with Gasteiger partial charge < -0.3 is 44.5 Å². The molecular formula is C28H46O10. The van der Waals surface area contributed by atoms with Crippen molar-refractivity contribution in [2.75, 3.05) is 19.8 Å². The Morgan fingerprint density at radius 1 is 0.842 bits per heavy atom. The third-order valence-electron chi connectivity index (χ3n) is 10.1. The maximum Gasteiger partial charge on any atom is 0.163 e. The number of carbonyl (C=O) groups excluding carboxylic acids is 1. The zero-order valence-corrected chi connectivity index (χ0v) is 22.6. The fraction of sp³-hybridized carbons (Fsp3) is 0.964. The number of ether oxygens (including phenoxy) is 4. The first-order chi connectivity index (χ1) is 18.1. The molecule has 2 saturated heterocycles. The highest BCUT2D eigenvalue weighted by atomic mass is 16.7. The fourth-order valence-electron chi connectivity index (χ4n) is 8.46. The van der Waals surface area contributed by atoms with Crippen LogP contribution in [0, 0.1) is 35.0 Å². The van der Waals surface area contributed by atoms with Gasteiger partial charge in [0.05, 0.1) is 32.0 Å². The van der Waals surface area contributed by atoms with Crippen LogP contribution in [0.15, 0.2) is 0 Å². The van der Waals surface area contributed by atoms with Crippen LogP contribution in [0.25, 0.3) is 0 Å². The third-order valence-corrected chi connectivity index (χ3v) is 10.1. The van der Waals surface area contributed by atoms with Gasteiger partial charge in [0, 0.05) is 24.7 Å². The SMILES string of the molecule is CC1[C@H](O[C@@H]2C(CO)OC(O)C(C)[C@H]2OCCC(=O)CC23CC4CC(CC(C4)C2)C3)OC(CO)[C@@H](O)[C@@H]1O. The Labute approximate surface area is 224 Å². The Morgan fingerprint density at radius 2 is 1.45 bits per heavy atom. The van der Waals surface area contributed by atoms with Crippen molar-refractivity contribution in [2.24, 2.45) is 35.0 Å². The van der Waals surface area contributed by atoms with Crippen LogP contribution in [0.4, 0.5) is 0 Å². The molecule has 5 unspecified atom stereocenters. The lowest BCUT2D eigenvalue weighted by atomic mass is 9.48. The summed E-state index contributed by atoms with van der Waals surface area (Å²) >= 11 is 0. The Hall–Kier alpha value is -0.690. The van der Waals surface area contributed by atoms with Gasteiger partial charge >= 0.3 is 0 Å². The second kappa shape index (κ2) is 11.7. The molecule has 38 heavy (non-hydrogen) atoms. The first-order valence-electron chi connectivity index (χ1n) is 14.5. The topological polar surface area (TPSA) is 155 Å². The molecule has 10 heteroatoms. The van der Waals surface area contributed by atoms with E-state index in [1.165, 1.54) is 38.5 Å². The molecule has 218 valence electrons. The molecule has 4 aliphatic carbocycles. The predicted octanol–water partition coefficient (Wildman–Crippen LogP) is 0.743. The van der Waals surface area contributed by atoms with Crippen molar-refractivity contribution in [3.63, 3.8) is 0 Å². The van der Waals surface area contributed by atoms with Crippen LogP contribution in [0.5, 0.6) is 0 Å². The van der Waals surface area contributed by atoms with E-state index in [1.54, 1.807) is 13.8 Å². The number of Topliss-reactive ketones (excluding diaryl/α,β-unsaturated/α-hetero) is 1. The Kier molecular flexibility index (Phi) is 8.84. The lowest BCUT2D eigenvalue weighted by Gasteiger charge is -2.56. The summed E-state index contributed by atoms with van der Waals surface area (Å²) in [6.07, 6.45) is 0.231. The zero-order valence-electron chi connectivity index (χ0n) is 22.6. The third kappa shape index (κ3) is 5.71. The number of hydrogen-bond acceptors (Lipinski definition) is 10. The second-order valence-electron chi connectivity index (χ2n) is 13.0. The van der Waals surface area contributed by atoms with Crippen LogP contribution in [0.3, 0.4) is 0 Å². The van der Waals surface area contributed by atoms with Crippen molar-refractivity contribution >= 4 is 5.78 Å². The van der Waals surface area contributed by atoms with E-state index < -0.39 is 74.3 Å². The van der Waals surface area contributed by atoms with Gasteiger partial charge in [0.1, 0.15) is 30.2 Å². The van der Waals surface area contributed by atoms with Crippen molar-refractivity contribution in [3.8, 4) is 0 Å². The molecule has 0 aromatic rings. The highest BCUT2D eigenvalue weighted by molar-refractivity contribution is 5.79. The molecular weight excluding hydrogens is 496 g/mol. The zero-order chi connectivity index (χ0) is 27.2.